The molecule has 0 nitrogen and oxygen atoms in total. The second-order valence-electron chi connectivity index (χ2n) is 6.05. The lowest BCUT2D eigenvalue weighted by Crippen LogP contribution is -1.98. The van der Waals surface area contributed by atoms with Crippen molar-refractivity contribution in [3.63, 3.8) is 0 Å². The minimum absolute atomic E-state index is 0.608. The van der Waals surface area contributed by atoms with Gasteiger partial charge in [-0.1, -0.05) is 67.1 Å². The molecule has 2 atom stereocenters. The Balaban J connectivity index is 2.57. The zero-order valence-corrected chi connectivity index (χ0v) is 13.9. The summed E-state index contributed by atoms with van der Waals surface area (Å²) in [5.41, 5.74) is 2.73. The van der Waals surface area contributed by atoms with Gasteiger partial charge in [-0.2, -0.15) is 0 Å². The molecular weight excluding hydrogens is 252 g/mol. The Morgan fingerprint density at radius 3 is 2.43 bits per heavy atom. The third kappa shape index (κ3) is 7.70. The van der Waals surface area contributed by atoms with E-state index in [4.69, 9.17) is 0 Å². The Morgan fingerprint density at radius 1 is 1.14 bits per heavy atom. The fraction of sp³-hybridized carbons (Fsp3) is 0.429. The summed E-state index contributed by atoms with van der Waals surface area (Å²) >= 11 is 0. The summed E-state index contributed by atoms with van der Waals surface area (Å²) in [5, 5.41) is 0. The van der Waals surface area contributed by atoms with Crippen LogP contribution in [0.4, 0.5) is 0 Å². The maximum atomic E-state index is 4.04. The highest BCUT2D eigenvalue weighted by Crippen LogP contribution is 2.26. The molecule has 21 heavy (non-hydrogen) atoms. The van der Waals surface area contributed by atoms with Gasteiger partial charge in [0.25, 0.3) is 0 Å². The molecule has 1 aromatic carbocycles. The van der Waals surface area contributed by atoms with Crippen molar-refractivity contribution in [1.82, 2.24) is 0 Å². The van der Waals surface area contributed by atoms with Crippen LogP contribution >= 0.6 is 0 Å². The van der Waals surface area contributed by atoms with Gasteiger partial charge in [0, 0.05) is 0 Å². The maximum absolute atomic E-state index is 4.04. The van der Waals surface area contributed by atoms with Crippen LogP contribution in [0.3, 0.4) is 0 Å². The molecule has 0 amide bonds. The van der Waals surface area contributed by atoms with Crippen molar-refractivity contribution < 1.29 is 0 Å². The van der Waals surface area contributed by atoms with Gasteiger partial charge in [0.1, 0.15) is 0 Å². The number of benzene rings is 1. The Bertz CT molecular complexity index is 450. The van der Waals surface area contributed by atoms with Gasteiger partial charge in [0.15, 0.2) is 0 Å². The summed E-state index contributed by atoms with van der Waals surface area (Å²) in [6.45, 7) is 10.5. The smallest absolute Gasteiger partial charge is 0.0124 e. The van der Waals surface area contributed by atoms with Gasteiger partial charge in [-0.3, -0.25) is 0 Å². The summed E-state index contributed by atoms with van der Waals surface area (Å²) in [7, 11) is 0. The van der Waals surface area contributed by atoms with Crippen LogP contribution in [0.5, 0.6) is 0 Å². The average Bonchev–Trinajstić information content (AvgIpc) is 2.47. The molecule has 1 rings (SSSR count). The van der Waals surface area contributed by atoms with E-state index in [2.05, 4.69) is 82.0 Å². The fourth-order valence-corrected chi connectivity index (χ4v) is 2.54. The number of rotatable bonds is 9. The first-order valence-corrected chi connectivity index (χ1v) is 8.10. The molecule has 0 aliphatic rings. The van der Waals surface area contributed by atoms with Crippen molar-refractivity contribution in [3.8, 4) is 0 Å². The van der Waals surface area contributed by atoms with Gasteiger partial charge in [-0.25, -0.2) is 0 Å². The second-order valence-corrected chi connectivity index (χ2v) is 6.05. The van der Waals surface area contributed by atoms with Crippen molar-refractivity contribution in [2.45, 2.75) is 52.4 Å². The maximum Gasteiger partial charge on any atom is -0.0124 e. The standard InChI is InChI=1S/C21H30/c1-5-11-19(4)12-9-10-15-21(17-16-18(2)3)20-13-7-6-8-14-20/h5-11,13-14,19,21H,2,12,15-17H2,1,3-4H3/b10-9-,11-5-. The Morgan fingerprint density at radius 2 is 1.81 bits per heavy atom. The topological polar surface area (TPSA) is 0 Å². The number of hydrogen-bond acceptors (Lipinski definition) is 0. The first-order valence-electron chi connectivity index (χ1n) is 8.10. The molecule has 0 radical (unpaired) electrons. The van der Waals surface area contributed by atoms with Crippen molar-refractivity contribution in [1.29, 1.82) is 0 Å². The Hall–Kier alpha value is -1.56. The molecule has 0 aliphatic heterocycles. The van der Waals surface area contributed by atoms with Crippen LogP contribution in [0.1, 0.15) is 57.9 Å². The van der Waals surface area contributed by atoms with Crippen molar-refractivity contribution in [3.05, 3.63) is 72.4 Å². The van der Waals surface area contributed by atoms with Crippen LogP contribution in [0, 0.1) is 5.92 Å². The van der Waals surface area contributed by atoms with Gasteiger partial charge >= 0.3 is 0 Å². The first kappa shape index (κ1) is 17.5. The molecule has 2 unspecified atom stereocenters. The normalized spacial score (nSPS) is 14.6. The van der Waals surface area contributed by atoms with E-state index in [-0.39, 0.29) is 0 Å². The molecular formula is C21H30. The molecule has 0 fully saturated rings. The molecule has 0 heterocycles. The molecule has 0 aromatic heterocycles. The van der Waals surface area contributed by atoms with Crippen molar-refractivity contribution in [2.75, 3.05) is 0 Å². The van der Waals surface area contributed by atoms with E-state index >= 15 is 0 Å². The molecule has 0 saturated heterocycles. The van der Waals surface area contributed by atoms with Gasteiger partial charge in [-0.05, 0) is 56.9 Å². The van der Waals surface area contributed by atoms with E-state index in [9.17, 15) is 0 Å². The molecule has 114 valence electrons. The molecule has 0 bridgehead atoms. The van der Waals surface area contributed by atoms with E-state index in [1.165, 1.54) is 17.6 Å². The molecule has 0 heteroatoms. The predicted molar refractivity (Wildman–Crippen MR) is 95.6 cm³/mol. The predicted octanol–water partition coefficient (Wildman–Crippen LogP) is 6.68. The van der Waals surface area contributed by atoms with Gasteiger partial charge < -0.3 is 0 Å². The van der Waals surface area contributed by atoms with Gasteiger partial charge in [-0.15, -0.1) is 6.58 Å². The largest absolute Gasteiger partial charge is 0.100 e. The third-order valence-electron chi connectivity index (χ3n) is 3.81. The molecule has 0 spiro atoms. The van der Waals surface area contributed by atoms with E-state index in [0.29, 0.717) is 11.8 Å². The summed E-state index contributed by atoms with van der Waals surface area (Å²) in [6, 6.07) is 10.9. The molecule has 0 saturated carbocycles. The fourth-order valence-electron chi connectivity index (χ4n) is 2.54. The van der Waals surface area contributed by atoms with Crippen LogP contribution in [0.15, 0.2) is 66.8 Å². The summed E-state index contributed by atoms with van der Waals surface area (Å²) in [4.78, 5) is 0. The molecule has 0 aliphatic carbocycles. The van der Waals surface area contributed by atoms with Crippen LogP contribution in [-0.2, 0) is 0 Å². The minimum Gasteiger partial charge on any atom is -0.100 e. The van der Waals surface area contributed by atoms with E-state index in [1.54, 1.807) is 0 Å². The van der Waals surface area contributed by atoms with Crippen LogP contribution < -0.4 is 0 Å². The monoisotopic (exact) mass is 282 g/mol. The van der Waals surface area contributed by atoms with Crippen LogP contribution in [-0.4, -0.2) is 0 Å². The molecule has 1 aromatic rings. The first-order chi connectivity index (χ1) is 10.1. The lowest BCUT2D eigenvalue weighted by Gasteiger charge is -2.15. The van der Waals surface area contributed by atoms with Crippen molar-refractivity contribution >= 4 is 0 Å². The highest BCUT2D eigenvalue weighted by atomic mass is 14.1. The second kappa shape index (κ2) is 10.2. The lowest BCUT2D eigenvalue weighted by atomic mass is 9.89. The number of hydrogen-bond donors (Lipinski definition) is 0. The highest BCUT2D eigenvalue weighted by molar-refractivity contribution is 5.20. The zero-order valence-electron chi connectivity index (χ0n) is 13.9. The van der Waals surface area contributed by atoms with Crippen LogP contribution in [0.25, 0.3) is 0 Å². The summed E-state index contributed by atoms with van der Waals surface area (Å²) < 4.78 is 0. The van der Waals surface area contributed by atoms with Crippen LogP contribution in [0.2, 0.25) is 0 Å². The zero-order chi connectivity index (χ0) is 15.5. The quantitative estimate of drug-likeness (QED) is 0.443. The van der Waals surface area contributed by atoms with E-state index in [0.717, 1.165) is 19.3 Å². The summed E-state index contributed by atoms with van der Waals surface area (Å²) in [5.74, 6) is 1.24. The lowest BCUT2D eigenvalue weighted by molar-refractivity contribution is 0.628. The van der Waals surface area contributed by atoms with Gasteiger partial charge in [0.05, 0.1) is 0 Å². The van der Waals surface area contributed by atoms with Crippen molar-refractivity contribution in [2.24, 2.45) is 5.92 Å². The van der Waals surface area contributed by atoms with Gasteiger partial charge in [0.2, 0.25) is 0 Å². The van der Waals surface area contributed by atoms with E-state index in [1.807, 2.05) is 0 Å². The Labute approximate surface area is 131 Å². The number of allylic oxidation sites excluding steroid dienone is 5. The third-order valence-corrected chi connectivity index (χ3v) is 3.81. The SMILES string of the molecule is C=C(C)CCC(C/C=C\CC(C)/C=C\C)c1ccccc1. The molecule has 0 N–H and O–H groups in total. The summed E-state index contributed by atoms with van der Waals surface area (Å²) in [6.07, 6.45) is 13.7. The highest BCUT2D eigenvalue weighted by Gasteiger charge is 2.09. The Kier molecular flexibility index (Phi) is 8.50. The van der Waals surface area contributed by atoms with E-state index < -0.39 is 0 Å². The minimum atomic E-state index is 0.608. The average molecular weight is 282 g/mol.